The molecule has 2 aromatic carbocycles. The van der Waals surface area contributed by atoms with E-state index in [0.29, 0.717) is 17.4 Å². The SMILES string of the molecule is COc1ccc([C@@H](CC(C)C)NC(=O)/C=C/c2ccc(OC)c(OC)c2)cc1. The highest BCUT2D eigenvalue weighted by Crippen LogP contribution is 2.28. The molecule has 1 amide bonds. The van der Waals surface area contributed by atoms with Crippen molar-refractivity contribution in [1.82, 2.24) is 5.32 Å². The number of methoxy groups -OCH3 is 3. The molecular weight excluding hydrogens is 354 g/mol. The Morgan fingerprint density at radius 3 is 2.21 bits per heavy atom. The third-order valence-electron chi connectivity index (χ3n) is 4.38. The minimum absolute atomic E-state index is 0.0616. The van der Waals surface area contributed by atoms with Crippen LogP contribution in [0.5, 0.6) is 17.2 Å². The van der Waals surface area contributed by atoms with Crippen LogP contribution >= 0.6 is 0 Å². The maximum Gasteiger partial charge on any atom is 0.244 e. The van der Waals surface area contributed by atoms with E-state index in [1.54, 1.807) is 27.4 Å². The average Bonchev–Trinajstić information content (AvgIpc) is 2.71. The fourth-order valence-electron chi connectivity index (χ4n) is 2.93. The number of carbonyl (C=O) groups is 1. The third kappa shape index (κ3) is 6.05. The molecule has 0 bridgehead atoms. The molecule has 2 rings (SSSR count). The largest absolute Gasteiger partial charge is 0.497 e. The molecule has 0 saturated heterocycles. The molecule has 0 aliphatic rings. The van der Waals surface area contributed by atoms with Crippen molar-refractivity contribution in [2.24, 2.45) is 5.92 Å². The smallest absolute Gasteiger partial charge is 0.244 e. The molecule has 0 fully saturated rings. The zero-order valence-corrected chi connectivity index (χ0v) is 17.2. The maximum atomic E-state index is 12.5. The van der Waals surface area contributed by atoms with Crippen LogP contribution in [0.15, 0.2) is 48.5 Å². The first-order valence-corrected chi connectivity index (χ1v) is 9.31. The highest BCUT2D eigenvalue weighted by atomic mass is 16.5. The van der Waals surface area contributed by atoms with Gasteiger partial charge in [-0.2, -0.15) is 0 Å². The minimum Gasteiger partial charge on any atom is -0.497 e. The molecule has 0 aromatic heterocycles. The zero-order chi connectivity index (χ0) is 20.5. The standard InChI is InChI=1S/C23H29NO4/c1-16(2)14-20(18-8-10-19(26-3)11-9-18)24-23(25)13-7-17-6-12-21(27-4)22(15-17)28-5/h6-13,15-16,20H,14H2,1-5H3,(H,24,25)/b13-7+/t20-/m1/s1. The van der Waals surface area contributed by atoms with Gasteiger partial charge in [0.25, 0.3) is 0 Å². The Labute approximate surface area is 167 Å². The summed E-state index contributed by atoms with van der Waals surface area (Å²) >= 11 is 0. The van der Waals surface area contributed by atoms with E-state index in [1.165, 1.54) is 6.08 Å². The summed E-state index contributed by atoms with van der Waals surface area (Å²) in [5, 5.41) is 3.10. The predicted molar refractivity (Wildman–Crippen MR) is 112 cm³/mol. The van der Waals surface area contributed by atoms with E-state index >= 15 is 0 Å². The van der Waals surface area contributed by atoms with Gasteiger partial charge in [-0.05, 0) is 53.8 Å². The molecule has 5 nitrogen and oxygen atoms in total. The number of amides is 1. The fraction of sp³-hybridized carbons (Fsp3) is 0.348. The number of ether oxygens (including phenoxy) is 3. The van der Waals surface area contributed by atoms with Crippen LogP contribution in [0.1, 0.15) is 37.4 Å². The lowest BCUT2D eigenvalue weighted by Gasteiger charge is -2.20. The predicted octanol–water partition coefficient (Wildman–Crippen LogP) is 4.63. The Morgan fingerprint density at radius 2 is 1.64 bits per heavy atom. The Balaban J connectivity index is 2.11. The van der Waals surface area contributed by atoms with Gasteiger partial charge < -0.3 is 19.5 Å². The van der Waals surface area contributed by atoms with Crippen LogP contribution in [0.25, 0.3) is 6.08 Å². The van der Waals surface area contributed by atoms with Gasteiger partial charge in [-0.1, -0.05) is 32.0 Å². The topological polar surface area (TPSA) is 56.8 Å². The normalized spacial score (nSPS) is 12.1. The summed E-state index contributed by atoms with van der Waals surface area (Å²) in [6.07, 6.45) is 4.15. The number of hydrogen-bond donors (Lipinski definition) is 1. The van der Waals surface area contributed by atoms with E-state index in [0.717, 1.165) is 23.3 Å². The molecule has 0 aliphatic carbocycles. The number of hydrogen-bond acceptors (Lipinski definition) is 4. The van der Waals surface area contributed by atoms with Gasteiger partial charge in [0.15, 0.2) is 11.5 Å². The van der Waals surface area contributed by atoms with Crippen molar-refractivity contribution in [3.05, 3.63) is 59.7 Å². The molecule has 28 heavy (non-hydrogen) atoms. The van der Waals surface area contributed by atoms with Crippen LogP contribution in [-0.4, -0.2) is 27.2 Å². The molecule has 150 valence electrons. The first-order valence-electron chi connectivity index (χ1n) is 9.31. The van der Waals surface area contributed by atoms with E-state index in [9.17, 15) is 4.79 Å². The van der Waals surface area contributed by atoms with Crippen molar-refractivity contribution in [3.8, 4) is 17.2 Å². The average molecular weight is 383 g/mol. The second-order valence-corrected chi connectivity index (χ2v) is 6.91. The maximum absolute atomic E-state index is 12.5. The fourth-order valence-corrected chi connectivity index (χ4v) is 2.93. The van der Waals surface area contributed by atoms with Crippen molar-refractivity contribution < 1.29 is 19.0 Å². The summed E-state index contributed by atoms with van der Waals surface area (Å²) in [6.45, 7) is 4.28. The van der Waals surface area contributed by atoms with Crippen LogP contribution in [-0.2, 0) is 4.79 Å². The van der Waals surface area contributed by atoms with Crippen LogP contribution in [0.2, 0.25) is 0 Å². The van der Waals surface area contributed by atoms with Gasteiger partial charge in [0.2, 0.25) is 5.91 Å². The summed E-state index contributed by atoms with van der Waals surface area (Å²) in [7, 11) is 4.82. The molecule has 0 radical (unpaired) electrons. The van der Waals surface area contributed by atoms with Gasteiger partial charge >= 0.3 is 0 Å². The van der Waals surface area contributed by atoms with Crippen molar-refractivity contribution in [2.75, 3.05) is 21.3 Å². The van der Waals surface area contributed by atoms with E-state index in [4.69, 9.17) is 14.2 Å². The van der Waals surface area contributed by atoms with Crippen LogP contribution in [0, 0.1) is 5.92 Å². The summed E-state index contributed by atoms with van der Waals surface area (Å²) in [5.41, 5.74) is 1.92. The summed E-state index contributed by atoms with van der Waals surface area (Å²) in [6, 6.07) is 13.3. The number of nitrogens with one attached hydrogen (secondary N) is 1. The molecule has 0 unspecified atom stereocenters. The van der Waals surface area contributed by atoms with E-state index < -0.39 is 0 Å². The van der Waals surface area contributed by atoms with E-state index in [1.807, 2.05) is 42.5 Å². The highest BCUT2D eigenvalue weighted by Gasteiger charge is 2.15. The molecule has 0 aliphatic heterocycles. The molecule has 5 heteroatoms. The van der Waals surface area contributed by atoms with E-state index in [2.05, 4.69) is 19.2 Å². The van der Waals surface area contributed by atoms with Crippen molar-refractivity contribution in [3.63, 3.8) is 0 Å². The molecule has 2 aromatic rings. The molecule has 1 atom stereocenters. The molecule has 0 saturated carbocycles. The number of benzene rings is 2. The van der Waals surface area contributed by atoms with Gasteiger partial charge in [0, 0.05) is 6.08 Å². The van der Waals surface area contributed by atoms with Gasteiger partial charge in [0.05, 0.1) is 27.4 Å². The molecule has 1 N–H and O–H groups in total. The lowest BCUT2D eigenvalue weighted by Crippen LogP contribution is -2.27. The third-order valence-corrected chi connectivity index (χ3v) is 4.38. The molecular formula is C23H29NO4. The number of rotatable bonds is 9. The minimum atomic E-state index is -0.142. The first-order chi connectivity index (χ1) is 13.5. The summed E-state index contributed by atoms with van der Waals surface area (Å²) in [4.78, 5) is 12.5. The highest BCUT2D eigenvalue weighted by molar-refractivity contribution is 5.92. The van der Waals surface area contributed by atoms with Crippen LogP contribution < -0.4 is 19.5 Å². The van der Waals surface area contributed by atoms with Gasteiger partial charge in [-0.25, -0.2) is 0 Å². The van der Waals surface area contributed by atoms with Crippen molar-refractivity contribution >= 4 is 12.0 Å². The van der Waals surface area contributed by atoms with Gasteiger partial charge in [-0.3, -0.25) is 4.79 Å². The van der Waals surface area contributed by atoms with Crippen LogP contribution in [0.4, 0.5) is 0 Å². The second kappa shape index (κ2) is 10.4. The van der Waals surface area contributed by atoms with Crippen LogP contribution in [0.3, 0.4) is 0 Å². The Kier molecular flexibility index (Phi) is 7.93. The van der Waals surface area contributed by atoms with E-state index in [-0.39, 0.29) is 11.9 Å². The van der Waals surface area contributed by atoms with Crippen molar-refractivity contribution in [1.29, 1.82) is 0 Å². The molecule has 0 heterocycles. The Morgan fingerprint density at radius 1 is 0.964 bits per heavy atom. The Bertz CT molecular complexity index is 797. The monoisotopic (exact) mass is 383 g/mol. The second-order valence-electron chi connectivity index (χ2n) is 6.91. The summed E-state index contributed by atoms with van der Waals surface area (Å²) in [5.74, 6) is 2.38. The number of carbonyl (C=O) groups excluding carboxylic acids is 1. The van der Waals surface area contributed by atoms with Gasteiger partial charge in [0.1, 0.15) is 5.75 Å². The van der Waals surface area contributed by atoms with Gasteiger partial charge in [-0.15, -0.1) is 0 Å². The Hall–Kier alpha value is -2.95. The first kappa shape index (κ1) is 21.4. The lowest BCUT2D eigenvalue weighted by molar-refractivity contribution is -0.117. The van der Waals surface area contributed by atoms with Crippen molar-refractivity contribution in [2.45, 2.75) is 26.3 Å². The molecule has 0 spiro atoms. The quantitative estimate of drug-likeness (QED) is 0.642. The zero-order valence-electron chi connectivity index (χ0n) is 17.2. The summed E-state index contributed by atoms with van der Waals surface area (Å²) < 4.78 is 15.7. The lowest BCUT2D eigenvalue weighted by atomic mass is 9.97.